The second-order valence-electron chi connectivity index (χ2n) is 7.36. The van der Waals surface area contributed by atoms with Crippen LogP contribution in [0.4, 0.5) is 16.2 Å². The average molecular weight is 348 g/mol. The number of carbonyl (C=O) groups is 1. The zero-order valence-electron chi connectivity index (χ0n) is 15.6. The van der Waals surface area contributed by atoms with Gasteiger partial charge in [0.05, 0.1) is 5.69 Å². The largest absolute Gasteiger partial charge is 0.444 e. The van der Waals surface area contributed by atoms with Crippen LogP contribution in [0.15, 0.2) is 54.6 Å². The molecule has 0 spiro atoms. The lowest BCUT2D eigenvalue weighted by Gasteiger charge is -2.21. The summed E-state index contributed by atoms with van der Waals surface area (Å²) in [5, 5.41) is 5.05. The van der Waals surface area contributed by atoms with Crippen molar-refractivity contribution in [3.05, 3.63) is 60.2 Å². The normalized spacial score (nSPS) is 11.4. The van der Waals surface area contributed by atoms with Crippen LogP contribution in [0, 0.1) is 6.92 Å². The number of anilines is 2. The Balaban J connectivity index is 2.18. The van der Waals surface area contributed by atoms with E-state index in [1.165, 1.54) is 0 Å². The predicted molar refractivity (Wildman–Crippen MR) is 108 cm³/mol. The van der Waals surface area contributed by atoms with Gasteiger partial charge in [-0.15, -0.1) is 0 Å². The van der Waals surface area contributed by atoms with Crippen molar-refractivity contribution in [2.45, 2.75) is 33.3 Å². The van der Waals surface area contributed by atoms with E-state index in [0.29, 0.717) is 5.69 Å². The van der Waals surface area contributed by atoms with E-state index in [1.807, 2.05) is 76.2 Å². The first kappa shape index (κ1) is 17.8. The predicted octanol–water partition coefficient (Wildman–Crippen LogP) is 5.74. The van der Waals surface area contributed by atoms with Crippen LogP contribution < -0.4 is 11.1 Å². The van der Waals surface area contributed by atoms with Crippen molar-refractivity contribution in [3.63, 3.8) is 0 Å². The van der Waals surface area contributed by atoms with Gasteiger partial charge in [-0.25, -0.2) is 4.79 Å². The van der Waals surface area contributed by atoms with Gasteiger partial charge < -0.3 is 10.5 Å². The fraction of sp³-hybridized carbons (Fsp3) is 0.227. The molecule has 3 N–H and O–H groups in total. The molecular weight excluding hydrogens is 324 g/mol. The van der Waals surface area contributed by atoms with E-state index in [2.05, 4.69) is 11.4 Å². The van der Waals surface area contributed by atoms with Gasteiger partial charge in [0.25, 0.3) is 0 Å². The maximum atomic E-state index is 12.3. The number of nitrogens with two attached hydrogens (primary N) is 1. The summed E-state index contributed by atoms with van der Waals surface area (Å²) in [7, 11) is 0. The van der Waals surface area contributed by atoms with Crippen molar-refractivity contribution in [3.8, 4) is 11.1 Å². The molecule has 0 heterocycles. The summed E-state index contributed by atoms with van der Waals surface area (Å²) >= 11 is 0. The van der Waals surface area contributed by atoms with E-state index in [9.17, 15) is 4.79 Å². The molecule has 134 valence electrons. The number of ether oxygens (including phenoxy) is 1. The van der Waals surface area contributed by atoms with E-state index < -0.39 is 11.7 Å². The third-order valence-electron chi connectivity index (χ3n) is 4.21. The van der Waals surface area contributed by atoms with E-state index in [1.54, 1.807) is 0 Å². The van der Waals surface area contributed by atoms with Crippen LogP contribution in [0.1, 0.15) is 26.3 Å². The second kappa shape index (κ2) is 6.71. The molecule has 26 heavy (non-hydrogen) atoms. The van der Waals surface area contributed by atoms with Crippen molar-refractivity contribution in [1.29, 1.82) is 0 Å². The Bertz CT molecular complexity index is 972. The molecule has 0 aliphatic rings. The number of fused-ring (bicyclic) bond motifs is 1. The minimum Gasteiger partial charge on any atom is -0.444 e. The van der Waals surface area contributed by atoms with Gasteiger partial charge in [-0.05, 0) is 61.7 Å². The lowest BCUT2D eigenvalue weighted by Crippen LogP contribution is -2.27. The Kier molecular flexibility index (Phi) is 4.60. The van der Waals surface area contributed by atoms with Crippen LogP contribution in [0.5, 0.6) is 0 Å². The van der Waals surface area contributed by atoms with Gasteiger partial charge in [0.1, 0.15) is 5.60 Å². The highest BCUT2D eigenvalue weighted by Crippen LogP contribution is 2.38. The summed E-state index contributed by atoms with van der Waals surface area (Å²) < 4.78 is 5.42. The molecule has 0 saturated heterocycles. The van der Waals surface area contributed by atoms with E-state index >= 15 is 0 Å². The van der Waals surface area contributed by atoms with Gasteiger partial charge in [0.15, 0.2) is 0 Å². The van der Waals surface area contributed by atoms with Gasteiger partial charge in [-0.2, -0.15) is 0 Å². The fourth-order valence-electron chi connectivity index (χ4n) is 3.00. The Labute approximate surface area is 154 Å². The molecule has 0 aliphatic heterocycles. The topological polar surface area (TPSA) is 64.3 Å². The SMILES string of the molecule is Cc1c(N)cccc1-c1c(NC(=O)OC(C)(C)C)ccc2ccccc12. The summed E-state index contributed by atoms with van der Waals surface area (Å²) in [4.78, 5) is 12.3. The summed E-state index contributed by atoms with van der Waals surface area (Å²) in [6.07, 6.45) is -0.476. The summed E-state index contributed by atoms with van der Waals surface area (Å²) in [6, 6.07) is 17.8. The molecule has 0 fully saturated rings. The minimum atomic E-state index is -0.561. The highest BCUT2D eigenvalue weighted by atomic mass is 16.6. The van der Waals surface area contributed by atoms with Crippen LogP contribution in [0.2, 0.25) is 0 Å². The number of rotatable bonds is 2. The number of nitrogens with one attached hydrogen (secondary N) is 1. The van der Waals surface area contributed by atoms with Gasteiger partial charge >= 0.3 is 6.09 Å². The Morgan fingerprint density at radius 2 is 1.73 bits per heavy atom. The third-order valence-corrected chi connectivity index (χ3v) is 4.21. The molecule has 4 nitrogen and oxygen atoms in total. The summed E-state index contributed by atoms with van der Waals surface area (Å²) in [5.74, 6) is 0. The second-order valence-corrected chi connectivity index (χ2v) is 7.36. The Morgan fingerprint density at radius 3 is 2.46 bits per heavy atom. The number of amides is 1. The molecule has 3 aromatic rings. The number of nitrogen functional groups attached to an aromatic ring is 1. The molecule has 0 unspecified atom stereocenters. The van der Waals surface area contributed by atoms with Crippen molar-refractivity contribution < 1.29 is 9.53 Å². The van der Waals surface area contributed by atoms with Crippen LogP contribution in [-0.2, 0) is 4.74 Å². The smallest absolute Gasteiger partial charge is 0.412 e. The Hall–Kier alpha value is -3.01. The number of benzene rings is 3. The van der Waals surface area contributed by atoms with E-state index in [0.717, 1.165) is 33.2 Å². The third kappa shape index (κ3) is 3.64. The van der Waals surface area contributed by atoms with Gasteiger partial charge in [0, 0.05) is 11.3 Å². The molecule has 0 bridgehead atoms. The van der Waals surface area contributed by atoms with Gasteiger partial charge in [0.2, 0.25) is 0 Å². The minimum absolute atomic E-state index is 0.476. The molecule has 0 aromatic heterocycles. The maximum Gasteiger partial charge on any atom is 0.412 e. The maximum absolute atomic E-state index is 12.3. The quantitative estimate of drug-likeness (QED) is 0.580. The van der Waals surface area contributed by atoms with Crippen molar-refractivity contribution in [2.24, 2.45) is 0 Å². The van der Waals surface area contributed by atoms with Crippen molar-refractivity contribution in [1.82, 2.24) is 0 Å². The van der Waals surface area contributed by atoms with E-state index in [4.69, 9.17) is 10.5 Å². The molecule has 0 saturated carbocycles. The van der Waals surface area contributed by atoms with Crippen LogP contribution in [-0.4, -0.2) is 11.7 Å². The van der Waals surface area contributed by atoms with Gasteiger partial charge in [-0.3, -0.25) is 5.32 Å². The monoisotopic (exact) mass is 348 g/mol. The number of hydrogen-bond donors (Lipinski definition) is 2. The highest BCUT2D eigenvalue weighted by molar-refractivity contribution is 6.06. The van der Waals surface area contributed by atoms with Crippen LogP contribution in [0.25, 0.3) is 21.9 Å². The first-order chi connectivity index (χ1) is 12.3. The molecule has 0 radical (unpaired) electrons. The van der Waals surface area contributed by atoms with Gasteiger partial charge in [-0.1, -0.05) is 42.5 Å². The molecule has 3 aromatic carbocycles. The zero-order valence-corrected chi connectivity index (χ0v) is 15.6. The molecule has 0 atom stereocenters. The van der Waals surface area contributed by atoms with Crippen molar-refractivity contribution >= 4 is 28.2 Å². The lowest BCUT2D eigenvalue weighted by atomic mass is 9.93. The summed E-state index contributed by atoms with van der Waals surface area (Å²) in [5.41, 5.74) is 9.90. The average Bonchev–Trinajstić information content (AvgIpc) is 2.56. The lowest BCUT2D eigenvalue weighted by molar-refractivity contribution is 0.0636. The molecule has 4 heteroatoms. The molecule has 1 amide bonds. The first-order valence-corrected chi connectivity index (χ1v) is 8.63. The fourth-order valence-corrected chi connectivity index (χ4v) is 3.00. The Morgan fingerprint density at radius 1 is 1.00 bits per heavy atom. The summed E-state index contributed by atoms with van der Waals surface area (Å²) in [6.45, 7) is 7.52. The molecule has 3 rings (SSSR count). The first-order valence-electron chi connectivity index (χ1n) is 8.63. The van der Waals surface area contributed by atoms with E-state index in [-0.39, 0.29) is 0 Å². The molecular formula is C22H24N2O2. The van der Waals surface area contributed by atoms with Crippen LogP contribution in [0.3, 0.4) is 0 Å². The molecule has 0 aliphatic carbocycles. The number of hydrogen-bond acceptors (Lipinski definition) is 3. The highest BCUT2D eigenvalue weighted by Gasteiger charge is 2.19. The number of carbonyl (C=O) groups excluding carboxylic acids is 1. The van der Waals surface area contributed by atoms with Crippen LogP contribution >= 0.6 is 0 Å². The standard InChI is InChI=1S/C22H24N2O2/c1-14-16(10-7-11-18(14)23)20-17-9-6-5-8-15(17)12-13-19(20)24-21(25)26-22(2,3)4/h5-13H,23H2,1-4H3,(H,24,25). The van der Waals surface area contributed by atoms with Crippen molar-refractivity contribution in [2.75, 3.05) is 11.1 Å². The zero-order chi connectivity index (χ0) is 18.9.